The Kier molecular flexibility index (Phi) is 5.80. The fourth-order valence-electron chi connectivity index (χ4n) is 3.42. The van der Waals surface area contributed by atoms with Gasteiger partial charge in [0.2, 0.25) is 0 Å². The molecule has 152 valence electrons. The average molecular weight is 409 g/mol. The zero-order valence-electron chi connectivity index (χ0n) is 16.5. The number of hydrogen-bond acceptors (Lipinski definition) is 5. The van der Waals surface area contributed by atoms with Crippen LogP contribution in [0.5, 0.6) is 0 Å². The van der Waals surface area contributed by atoms with E-state index in [4.69, 9.17) is 0 Å². The molecule has 0 saturated carbocycles. The zero-order chi connectivity index (χ0) is 21.6. The SMILES string of the molecule is O=C(c1ccccc1)c1ccc(N[C@H](c2ccccc2)c2ccncc2)c([N+](=O)[O-])c1. The molecule has 0 unspecified atom stereocenters. The van der Waals surface area contributed by atoms with Crippen LogP contribution in [-0.2, 0) is 0 Å². The fourth-order valence-corrected chi connectivity index (χ4v) is 3.42. The molecule has 31 heavy (non-hydrogen) atoms. The maximum absolute atomic E-state index is 12.7. The van der Waals surface area contributed by atoms with Gasteiger partial charge in [0.05, 0.1) is 11.0 Å². The second-order valence-corrected chi connectivity index (χ2v) is 6.95. The fraction of sp³-hybridized carbons (Fsp3) is 0.0400. The highest BCUT2D eigenvalue weighted by atomic mass is 16.6. The van der Waals surface area contributed by atoms with Crippen LogP contribution in [0.4, 0.5) is 11.4 Å². The van der Waals surface area contributed by atoms with E-state index in [-0.39, 0.29) is 23.1 Å². The summed E-state index contributed by atoms with van der Waals surface area (Å²) in [5.74, 6) is -0.260. The van der Waals surface area contributed by atoms with Gasteiger partial charge in [-0.2, -0.15) is 0 Å². The average Bonchev–Trinajstić information content (AvgIpc) is 2.83. The molecule has 0 aliphatic heterocycles. The number of ketones is 1. The lowest BCUT2D eigenvalue weighted by Gasteiger charge is -2.21. The third-order valence-electron chi connectivity index (χ3n) is 4.96. The number of nitrogens with zero attached hydrogens (tertiary/aromatic N) is 2. The number of pyridine rings is 1. The summed E-state index contributed by atoms with van der Waals surface area (Å²) in [5.41, 5.74) is 2.80. The van der Waals surface area contributed by atoms with Gasteiger partial charge in [0.25, 0.3) is 5.69 Å². The monoisotopic (exact) mass is 409 g/mol. The van der Waals surface area contributed by atoms with Crippen LogP contribution in [0.25, 0.3) is 0 Å². The highest BCUT2D eigenvalue weighted by Crippen LogP contribution is 2.33. The molecule has 3 aromatic carbocycles. The van der Waals surface area contributed by atoms with E-state index in [1.54, 1.807) is 48.8 Å². The second kappa shape index (κ2) is 9.00. The van der Waals surface area contributed by atoms with Gasteiger partial charge in [-0.05, 0) is 35.4 Å². The molecule has 0 spiro atoms. The van der Waals surface area contributed by atoms with Crippen molar-refractivity contribution in [3.05, 3.63) is 136 Å². The van der Waals surface area contributed by atoms with Crippen LogP contribution in [0.15, 0.2) is 103 Å². The van der Waals surface area contributed by atoms with Gasteiger partial charge in [0, 0.05) is 29.6 Å². The Hall–Kier alpha value is -4.32. The van der Waals surface area contributed by atoms with E-state index in [0.717, 1.165) is 11.1 Å². The van der Waals surface area contributed by atoms with Gasteiger partial charge in [-0.25, -0.2) is 0 Å². The molecule has 4 rings (SSSR count). The summed E-state index contributed by atoms with van der Waals surface area (Å²) in [6, 6.07) is 26.3. The van der Waals surface area contributed by atoms with Crippen LogP contribution in [-0.4, -0.2) is 15.7 Å². The number of rotatable bonds is 7. The molecule has 0 aliphatic rings. The summed E-state index contributed by atoms with van der Waals surface area (Å²) in [4.78, 5) is 28.2. The zero-order valence-corrected chi connectivity index (χ0v) is 16.5. The van der Waals surface area contributed by atoms with Gasteiger partial charge in [-0.3, -0.25) is 19.9 Å². The van der Waals surface area contributed by atoms with Crippen molar-refractivity contribution in [3.8, 4) is 0 Å². The minimum Gasteiger partial charge on any atom is -0.369 e. The molecule has 0 fully saturated rings. The molecule has 6 nitrogen and oxygen atoms in total. The lowest BCUT2D eigenvalue weighted by atomic mass is 9.98. The summed E-state index contributed by atoms with van der Waals surface area (Å²) in [6.45, 7) is 0. The van der Waals surface area contributed by atoms with E-state index in [2.05, 4.69) is 10.3 Å². The van der Waals surface area contributed by atoms with E-state index in [0.29, 0.717) is 11.3 Å². The molecule has 0 amide bonds. The summed E-state index contributed by atoms with van der Waals surface area (Å²) in [5, 5.41) is 15.1. The van der Waals surface area contributed by atoms with Crippen molar-refractivity contribution in [2.24, 2.45) is 0 Å². The topological polar surface area (TPSA) is 85.1 Å². The quantitative estimate of drug-likeness (QED) is 0.250. The van der Waals surface area contributed by atoms with Gasteiger partial charge in [-0.1, -0.05) is 60.7 Å². The van der Waals surface area contributed by atoms with Crippen LogP contribution < -0.4 is 5.32 Å². The first-order valence-electron chi connectivity index (χ1n) is 9.73. The normalized spacial score (nSPS) is 11.5. The molecule has 4 aromatic rings. The Labute approximate surface area is 179 Å². The lowest BCUT2D eigenvalue weighted by molar-refractivity contribution is -0.384. The van der Waals surface area contributed by atoms with Crippen LogP contribution >= 0.6 is 0 Å². The summed E-state index contributed by atoms with van der Waals surface area (Å²) >= 11 is 0. The summed E-state index contributed by atoms with van der Waals surface area (Å²) in [6.07, 6.45) is 3.37. The largest absolute Gasteiger partial charge is 0.369 e. The van der Waals surface area contributed by atoms with Crippen molar-refractivity contribution >= 4 is 17.2 Å². The van der Waals surface area contributed by atoms with E-state index in [9.17, 15) is 14.9 Å². The first-order chi connectivity index (χ1) is 15.1. The Morgan fingerprint density at radius 1 is 0.806 bits per heavy atom. The van der Waals surface area contributed by atoms with Gasteiger partial charge >= 0.3 is 0 Å². The van der Waals surface area contributed by atoms with Gasteiger partial charge in [0.1, 0.15) is 5.69 Å². The number of benzene rings is 3. The van der Waals surface area contributed by atoms with E-state index in [1.165, 1.54) is 6.07 Å². The first-order valence-corrected chi connectivity index (χ1v) is 9.73. The number of nitrogens with one attached hydrogen (secondary N) is 1. The number of carbonyl (C=O) groups excluding carboxylic acids is 1. The van der Waals surface area contributed by atoms with Crippen LogP contribution in [0, 0.1) is 10.1 Å². The first kappa shape index (κ1) is 20.0. The Bertz CT molecular complexity index is 1160. The highest BCUT2D eigenvalue weighted by Gasteiger charge is 2.22. The van der Waals surface area contributed by atoms with Crippen molar-refractivity contribution in [1.29, 1.82) is 0 Å². The summed E-state index contributed by atoms with van der Waals surface area (Å²) in [7, 11) is 0. The molecule has 1 heterocycles. The number of hydrogen-bond donors (Lipinski definition) is 1. The van der Waals surface area contributed by atoms with Crippen molar-refractivity contribution in [2.75, 3.05) is 5.32 Å². The van der Waals surface area contributed by atoms with E-state index >= 15 is 0 Å². The minimum absolute atomic E-state index is 0.156. The molecule has 6 heteroatoms. The number of carbonyl (C=O) groups is 1. The molecule has 0 bridgehead atoms. The Morgan fingerprint density at radius 3 is 2.06 bits per heavy atom. The lowest BCUT2D eigenvalue weighted by Crippen LogP contribution is -2.14. The van der Waals surface area contributed by atoms with Crippen molar-refractivity contribution in [3.63, 3.8) is 0 Å². The van der Waals surface area contributed by atoms with Crippen LogP contribution in [0.1, 0.15) is 33.1 Å². The molecular formula is C25H19N3O3. The van der Waals surface area contributed by atoms with Crippen molar-refractivity contribution < 1.29 is 9.72 Å². The van der Waals surface area contributed by atoms with Gasteiger partial charge in [0.15, 0.2) is 5.78 Å². The standard InChI is InChI=1S/C25H19N3O3/c29-25(20-9-5-2-6-10-20)21-11-12-22(23(17-21)28(30)31)27-24(18-7-3-1-4-8-18)19-13-15-26-16-14-19/h1-17,24,27H/t24-/m1/s1. The molecular weight excluding hydrogens is 390 g/mol. The predicted molar refractivity (Wildman–Crippen MR) is 119 cm³/mol. The van der Waals surface area contributed by atoms with Crippen molar-refractivity contribution in [2.45, 2.75) is 6.04 Å². The Morgan fingerprint density at radius 2 is 1.42 bits per heavy atom. The van der Waals surface area contributed by atoms with Gasteiger partial charge < -0.3 is 5.32 Å². The highest BCUT2D eigenvalue weighted by molar-refractivity contribution is 6.09. The Balaban J connectivity index is 1.72. The van der Waals surface area contributed by atoms with Crippen LogP contribution in [0.2, 0.25) is 0 Å². The smallest absolute Gasteiger partial charge is 0.293 e. The van der Waals surface area contributed by atoms with Crippen LogP contribution in [0.3, 0.4) is 0 Å². The third kappa shape index (κ3) is 4.48. The van der Waals surface area contributed by atoms with E-state index in [1.807, 2.05) is 48.5 Å². The molecule has 1 atom stereocenters. The number of aromatic nitrogens is 1. The second-order valence-electron chi connectivity index (χ2n) is 6.95. The molecule has 1 N–H and O–H groups in total. The maximum atomic E-state index is 12.7. The molecule has 0 saturated heterocycles. The molecule has 1 aromatic heterocycles. The number of nitro groups is 1. The third-order valence-corrected chi connectivity index (χ3v) is 4.96. The van der Waals surface area contributed by atoms with Gasteiger partial charge in [-0.15, -0.1) is 0 Å². The maximum Gasteiger partial charge on any atom is 0.293 e. The molecule has 0 radical (unpaired) electrons. The van der Waals surface area contributed by atoms with E-state index < -0.39 is 4.92 Å². The summed E-state index contributed by atoms with van der Waals surface area (Å²) < 4.78 is 0. The molecule has 0 aliphatic carbocycles. The van der Waals surface area contributed by atoms with Crippen molar-refractivity contribution in [1.82, 2.24) is 4.98 Å². The number of anilines is 1. The predicted octanol–water partition coefficient (Wildman–Crippen LogP) is 5.42. The minimum atomic E-state index is -0.474. The number of nitro benzene ring substituents is 1.